The highest BCUT2D eigenvalue weighted by Crippen LogP contribution is 2.37. The number of H-pyrrole nitrogens is 1. The fraction of sp³-hybridized carbons (Fsp3) is 0.250. The first-order valence-electron chi connectivity index (χ1n) is 8.28. The number of carbonyl (C=O) groups excluding carboxylic acids is 1. The monoisotopic (exact) mass is 354 g/mol. The molecule has 0 spiro atoms. The van der Waals surface area contributed by atoms with E-state index in [2.05, 4.69) is 41.2 Å². The Bertz CT molecular complexity index is 970. The highest BCUT2D eigenvalue weighted by molar-refractivity contribution is 6.34. The molecule has 2 N–H and O–H groups in total. The number of Topliss-reactive ketones (excluding diaryl/α,β-unsaturated/α-hetero) is 1. The number of likely N-dealkylation sites (N-methyl/N-ethyl adjacent to an activating group) is 1. The van der Waals surface area contributed by atoms with Crippen LogP contribution in [-0.2, 0) is 0 Å². The lowest BCUT2D eigenvalue weighted by molar-refractivity contribution is 0.101. The van der Waals surface area contributed by atoms with Crippen molar-refractivity contribution in [2.24, 2.45) is 0 Å². The van der Waals surface area contributed by atoms with E-state index in [9.17, 15) is 9.90 Å². The second-order valence-corrected chi connectivity index (χ2v) is 7.23. The molecule has 128 valence electrons. The topological polar surface area (TPSA) is 56.3 Å². The van der Waals surface area contributed by atoms with Crippen LogP contribution in [0, 0.1) is 0 Å². The van der Waals surface area contributed by atoms with Gasteiger partial charge >= 0.3 is 0 Å². The zero-order valence-corrected chi connectivity index (χ0v) is 14.9. The Kier molecular flexibility index (Phi) is 3.82. The first-order chi connectivity index (χ1) is 11.9. The molecular formula is C20H19ClN2O2. The molecule has 0 amide bonds. The molecule has 0 bridgehead atoms. The maximum Gasteiger partial charge on any atom is 0.200 e. The van der Waals surface area contributed by atoms with Crippen LogP contribution in [0.25, 0.3) is 22.0 Å². The highest BCUT2D eigenvalue weighted by Gasteiger charge is 2.24. The van der Waals surface area contributed by atoms with Gasteiger partial charge in [-0.3, -0.25) is 4.79 Å². The Hall–Kier alpha value is -2.30. The van der Waals surface area contributed by atoms with E-state index >= 15 is 0 Å². The van der Waals surface area contributed by atoms with Crippen LogP contribution in [0.1, 0.15) is 28.8 Å². The van der Waals surface area contributed by atoms with Crippen LogP contribution in [0.3, 0.4) is 0 Å². The lowest BCUT2D eigenvalue weighted by Gasteiger charge is -2.36. The number of aromatic nitrogens is 1. The molecule has 0 atom stereocenters. The molecule has 4 nitrogen and oxygen atoms in total. The van der Waals surface area contributed by atoms with Crippen molar-refractivity contribution in [3.05, 3.63) is 52.5 Å². The van der Waals surface area contributed by atoms with Crippen LogP contribution in [0.4, 0.5) is 0 Å². The summed E-state index contributed by atoms with van der Waals surface area (Å²) < 4.78 is 0. The van der Waals surface area contributed by atoms with Gasteiger partial charge in [-0.25, -0.2) is 0 Å². The maximum absolute atomic E-state index is 11.8. The average Bonchev–Trinajstić information content (AvgIpc) is 2.86. The predicted octanol–water partition coefficient (Wildman–Crippen LogP) is 4.43. The van der Waals surface area contributed by atoms with E-state index in [0.717, 1.165) is 24.2 Å². The number of benzene rings is 2. The van der Waals surface area contributed by atoms with Gasteiger partial charge in [-0.1, -0.05) is 35.9 Å². The summed E-state index contributed by atoms with van der Waals surface area (Å²) in [6.45, 7) is 3.63. The lowest BCUT2D eigenvalue weighted by atomic mass is 9.90. The number of nitrogens with zero attached hydrogens (tertiary/aromatic N) is 1. The van der Waals surface area contributed by atoms with E-state index in [-0.39, 0.29) is 11.7 Å². The molecule has 0 aliphatic carbocycles. The first-order valence-corrected chi connectivity index (χ1v) is 8.66. The summed E-state index contributed by atoms with van der Waals surface area (Å²) in [6.07, 6.45) is 0. The Morgan fingerprint density at radius 2 is 1.92 bits per heavy atom. The third-order valence-corrected chi connectivity index (χ3v) is 5.29. The number of carbonyl (C=O) groups is 1. The van der Waals surface area contributed by atoms with Crippen molar-refractivity contribution in [1.29, 1.82) is 0 Å². The van der Waals surface area contributed by atoms with Gasteiger partial charge in [0.1, 0.15) is 0 Å². The summed E-state index contributed by atoms with van der Waals surface area (Å²) >= 11 is 6.45. The van der Waals surface area contributed by atoms with Crippen molar-refractivity contribution in [2.75, 3.05) is 20.1 Å². The third-order valence-electron chi connectivity index (χ3n) is 4.98. The summed E-state index contributed by atoms with van der Waals surface area (Å²) in [4.78, 5) is 17.0. The summed E-state index contributed by atoms with van der Waals surface area (Å²) in [5, 5.41) is 11.3. The van der Waals surface area contributed by atoms with Crippen LogP contribution in [0.2, 0.25) is 5.02 Å². The van der Waals surface area contributed by atoms with Crippen LogP contribution >= 0.6 is 11.6 Å². The molecule has 0 saturated carbocycles. The molecule has 0 radical (unpaired) electrons. The number of rotatable bonds is 3. The minimum Gasteiger partial charge on any atom is -0.494 e. The number of hydrogen-bond acceptors (Lipinski definition) is 3. The van der Waals surface area contributed by atoms with Gasteiger partial charge in [-0.05, 0) is 37.2 Å². The quantitative estimate of drug-likeness (QED) is 0.684. The van der Waals surface area contributed by atoms with Crippen molar-refractivity contribution < 1.29 is 9.90 Å². The minimum atomic E-state index is -0.179. The second-order valence-electron chi connectivity index (χ2n) is 6.82. The molecule has 1 saturated heterocycles. The van der Waals surface area contributed by atoms with Crippen LogP contribution in [0.15, 0.2) is 36.4 Å². The molecule has 1 aliphatic rings. The zero-order valence-electron chi connectivity index (χ0n) is 14.1. The Balaban J connectivity index is 1.76. The van der Waals surface area contributed by atoms with Gasteiger partial charge in [-0.15, -0.1) is 0 Å². The number of aromatic hydroxyl groups is 1. The molecule has 1 fully saturated rings. The molecular weight excluding hydrogens is 336 g/mol. The SMILES string of the molecule is CC(=O)c1c(O)[nH]c2cc(Cl)c(-c3ccc(C4CN(C)C4)cc3)cc12. The van der Waals surface area contributed by atoms with Gasteiger partial charge < -0.3 is 15.0 Å². The van der Waals surface area contributed by atoms with Crippen LogP contribution < -0.4 is 0 Å². The van der Waals surface area contributed by atoms with E-state index in [1.165, 1.54) is 12.5 Å². The molecule has 3 aromatic rings. The van der Waals surface area contributed by atoms with E-state index in [1.54, 1.807) is 6.07 Å². The summed E-state index contributed by atoms with van der Waals surface area (Å²) in [7, 11) is 2.12. The van der Waals surface area contributed by atoms with E-state index in [0.29, 0.717) is 27.4 Å². The fourth-order valence-electron chi connectivity index (χ4n) is 3.62. The second kappa shape index (κ2) is 5.90. The molecule has 1 aliphatic heterocycles. The van der Waals surface area contributed by atoms with Crippen molar-refractivity contribution >= 4 is 28.3 Å². The summed E-state index contributed by atoms with van der Waals surface area (Å²) in [5.74, 6) is 0.310. The number of likely N-dealkylation sites (tertiary alicyclic amines) is 1. The zero-order chi connectivity index (χ0) is 17.7. The van der Waals surface area contributed by atoms with Gasteiger partial charge in [0.05, 0.1) is 16.1 Å². The molecule has 5 heteroatoms. The molecule has 1 aromatic heterocycles. The number of aromatic amines is 1. The number of halogens is 1. The van der Waals surface area contributed by atoms with Crippen LogP contribution in [0.5, 0.6) is 5.88 Å². The maximum atomic E-state index is 11.8. The fourth-order valence-corrected chi connectivity index (χ4v) is 3.90. The van der Waals surface area contributed by atoms with Gasteiger partial charge in [0.25, 0.3) is 0 Å². The normalized spacial score (nSPS) is 15.5. The largest absolute Gasteiger partial charge is 0.494 e. The number of ketones is 1. The smallest absolute Gasteiger partial charge is 0.200 e. The molecule has 2 heterocycles. The number of nitrogens with one attached hydrogen (secondary N) is 1. The molecule has 4 rings (SSSR count). The van der Waals surface area contributed by atoms with E-state index in [1.807, 2.05) is 6.07 Å². The highest BCUT2D eigenvalue weighted by atomic mass is 35.5. The molecule has 0 unspecified atom stereocenters. The van der Waals surface area contributed by atoms with Crippen molar-refractivity contribution in [3.8, 4) is 17.0 Å². The Morgan fingerprint density at radius 3 is 2.52 bits per heavy atom. The van der Waals surface area contributed by atoms with Gasteiger partial charge in [0, 0.05) is 30.0 Å². The van der Waals surface area contributed by atoms with E-state index in [4.69, 9.17) is 11.6 Å². The van der Waals surface area contributed by atoms with Crippen molar-refractivity contribution in [1.82, 2.24) is 9.88 Å². The average molecular weight is 355 g/mol. The van der Waals surface area contributed by atoms with Crippen molar-refractivity contribution in [3.63, 3.8) is 0 Å². The number of hydrogen-bond donors (Lipinski definition) is 2. The van der Waals surface area contributed by atoms with Gasteiger partial charge in [-0.2, -0.15) is 0 Å². The Morgan fingerprint density at radius 1 is 1.24 bits per heavy atom. The van der Waals surface area contributed by atoms with Gasteiger partial charge in [0.2, 0.25) is 5.88 Å². The Labute approximate surface area is 151 Å². The summed E-state index contributed by atoms with van der Waals surface area (Å²) in [5.41, 5.74) is 4.15. The molecule has 2 aromatic carbocycles. The summed E-state index contributed by atoms with van der Waals surface area (Å²) in [6, 6.07) is 12.1. The minimum absolute atomic E-state index is 0.111. The third kappa shape index (κ3) is 2.71. The lowest BCUT2D eigenvalue weighted by Crippen LogP contribution is -2.41. The predicted molar refractivity (Wildman–Crippen MR) is 101 cm³/mol. The number of fused-ring (bicyclic) bond motifs is 1. The van der Waals surface area contributed by atoms with Gasteiger partial charge in [0.15, 0.2) is 5.78 Å². The molecule has 25 heavy (non-hydrogen) atoms. The van der Waals surface area contributed by atoms with Crippen LogP contribution in [-0.4, -0.2) is 40.9 Å². The van der Waals surface area contributed by atoms with Crippen molar-refractivity contribution in [2.45, 2.75) is 12.8 Å². The standard InChI is InChI=1S/C20H19ClN2O2/c1-11(24)19-16-7-15(17(21)8-18(16)22-20(19)25)13-5-3-12(4-6-13)14-9-23(2)10-14/h3-8,14,22,25H,9-10H2,1-2H3. The van der Waals surface area contributed by atoms with E-state index < -0.39 is 0 Å². The first kappa shape index (κ1) is 16.2.